The average Bonchev–Trinajstić information content (AvgIpc) is 2.54. The van der Waals surface area contributed by atoms with Crippen LogP contribution in [0.2, 0.25) is 0 Å². The molecule has 2 aliphatic rings. The lowest BCUT2D eigenvalue weighted by Crippen LogP contribution is -2.10. The molecule has 2 heteroatoms. The van der Waals surface area contributed by atoms with Crippen LogP contribution < -0.4 is 0 Å². The number of rotatable bonds is 2. The summed E-state index contributed by atoms with van der Waals surface area (Å²) in [7, 11) is 0. The van der Waals surface area contributed by atoms with Gasteiger partial charge in [-0.05, 0) is 51.5 Å². The Hall–Kier alpha value is -1.05. The molecule has 0 aromatic carbocycles. The first-order valence-electron chi connectivity index (χ1n) is 5.82. The van der Waals surface area contributed by atoms with Crippen LogP contribution in [0.1, 0.15) is 46.0 Å². The summed E-state index contributed by atoms with van der Waals surface area (Å²) in [5.74, 6) is -0.109. The molecule has 0 saturated heterocycles. The number of hydrogen-bond acceptors (Lipinski definition) is 2. The van der Waals surface area contributed by atoms with Gasteiger partial charge in [0.1, 0.15) is 0 Å². The molecule has 82 valence electrons. The fourth-order valence-corrected chi connectivity index (χ4v) is 2.63. The van der Waals surface area contributed by atoms with Crippen LogP contribution in [0.5, 0.6) is 0 Å². The van der Waals surface area contributed by atoms with E-state index in [2.05, 4.69) is 6.92 Å². The minimum absolute atomic E-state index is 0.109. The molecule has 0 bridgehead atoms. The van der Waals surface area contributed by atoms with Gasteiger partial charge in [0, 0.05) is 0 Å². The molecule has 0 saturated carbocycles. The molecular formula is C13H18O2. The molecule has 0 aromatic rings. The topological polar surface area (TPSA) is 26.3 Å². The summed E-state index contributed by atoms with van der Waals surface area (Å²) in [5.41, 5.74) is 4.89. The predicted molar refractivity (Wildman–Crippen MR) is 59.4 cm³/mol. The van der Waals surface area contributed by atoms with Gasteiger partial charge in [0.15, 0.2) is 0 Å². The lowest BCUT2D eigenvalue weighted by Gasteiger charge is -2.15. The third-order valence-electron chi connectivity index (χ3n) is 3.27. The molecule has 2 aliphatic carbocycles. The second-order valence-electron chi connectivity index (χ2n) is 4.34. The number of ether oxygens (including phenoxy) is 1. The van der Waals surface area contributed by atoms with Gasteiger partial charge in [-0.3, -0.25) is 0 Å². The smallest absolute Gasteiger partial charge is 0.338 e. The lowest BCUT2D eigenvalue weighted by molar-refractivity contribution is -0.138. The summed E-state index contributed by atoms with van der Waals surface area (Å²) < 4.78 is 5.11. The zero-order valence-electron chi connectivity index (χ0n) is 9.56. The SMILES string of the molecule is CCOC(=O)C1=C(C)CC2=C1CCCC2. The van der Waals surface area contributed by atoms with Crippen LogP contribution in [0.25, 0.3) is 0 Å². The first-order chi connectivity index (χ1) is 7.24. The Labute approximate surface area is 91.0 Å². The highest BCUT2D eigenvalue weighted by Crippen LogP contribution is 2.41. The molecule has 0 unspecified atom stereocenters. The van der Waals surface area contributed by atoms with Crippen molar-refractivity contribution in [3.63, 3.8) is 0 Å². The molecule has 0 amide bonds. The molecule has 0 spiro atoms. The monoisotopic (exact) mass is 206 g/mol. The van der Waals surface area contributed by atoms with Crippen LogP contribution in [0, 0.1) is 0 Å². The second kappa shape index (κ2) is 4.21. The Bertz CT molecular complexity index is 348. The van der Waals surface area contributed by atoms with Gasteiger partial charge in [0.05, 0.1) is 12.2 Å². The van der Waals surface area contributed by atoms with Crippen LogP contribution in [0.4, 0.5) is 0 Å². The van der Waals surface area contributed by atoms with Crippen LogP contribution in [0.15, 0.2) is 22.3 Å². The Kier molecular flexibility index (Phi) is 2.94. The second-order valence-corrected chi connectivity index (χ2v) is 4.34. The first kappa shape index (κ1) is 10.5. The molecule has 15 heavy (non-hydrogen) atoms. The molecule has 0 aliphatic heterocycles. The largest absolute Gasteiger partial charge is 0.462 e. The van der Waals surface area contributed by atoms with Gasteiger partial charge in [0.2, 0.25) is 0 Å². The normalized spacial score (nSPS) is 20.7. The van der Waals surface area contributed by atoms with Crippen LogP contribution in [-0.4, -0.2) is 12.6 Å². The van der Waals surface area contributed by atoms with E-state index < -0.39 is 0 Å². The average molecular weight is 206 g/mol. The molecule has 0 radical (unpaired) electrons. The van der Waals surface area contributed by atoms with E-state index in [-0.39, 0.29) is 5.97 Å². The van der Waals surface area contributed by atoms with Gasteiger partial charge >= 0.3 is 5.97 Å². The Morgan fingerprint density at radius 1 is 1.33 bits per heavy atom. The van der Waals surface area contributed by atoms with Crippen molar-refractivity contribution in [1.82, 2.24) is 0 Å². The molecule has 2 nitrogen and oxygen atoms in total. The van der Waals surface area contributed by atoms with Crippen molar-refractivity contribution < 1.29 is 9.53 Å². The van der Waals surface area contributed by atoms with E-state index in [0.717, 1.165) is 18.4 Å². The predicted octanol–water partition coefficient (Wildman–Crippen LogP) is 3.14. The van der Waals surface area contributed by atoms with Crippen LogP contribution in [0.3, 0.4) is 0 Å². The Morgan fingerprint density at radius 3 is 2.80 bits per heavy atom. The highest BCUT2D eigenvalue weighted by atomic mass is 16.5. The fraction of sp³-hybridized carbons (Fsp3) is 0.615. The van der Waals surface area contributed by atoms with Gasteiger partial charge in [-0.1, -0.05) is 11.1 Å². The molecule has 0 N–H and O–H groups in total. The summed E-state index contributed by atoms with van der Waals surface area (Å²) in [4.78, 5) is 11.8. The van der Waals surface area contributed by atoms with Crippen molar-refractivity contribution in [3.05, 3.63) is 22.3 Å². The van der Waals surface area contributed by atoms with E-state index in [0.29, 0.717) is 6.61 Å². The maximum atomic E-state index is 11.8. The maximum Gasteiger partial charge on any atom is 0.338 e. The van der Waals surface area contributed by atoms with E-state index in [1.165, 1.54) is 36.0 Å². The van der Waals surface area contributed by atoms with E-state index >= 15 is 0 Å². The van der Waals surface area contributed by atoms with E-state index in [1.807, 2.05) is 6.92 Å². The van der Waals surface area contributed by atoms with Crippen molar-refractivity contribution in [2.75, 3.05) is 6.61 Å². The third-order valence-corrected chi connectivity index (χ3v) is 3.27. The maximum absolute atomic E-state index is 11.8. The zero-order valence-corrected chi connectivity index (χ0v) is 9.56. The van der Waals surface area contributed by atoms with Crippen molar-refractivity contribution >= 4 is 5.97 Å². The number of carbonyl (C=O) groups excluding carboxylic acids is 1. The van der Waals surface area contributed by atoms with Crippen LogP contribution >= 0.6 is 0 Å². The lowest BCUT2D eigenvalue weighted by atomic mass is 9.91. The molecular weight excluding hydrogens is 188 g/mol. The van der Waals surface area contributed by atoms with Crippen molar-refractivity contribution in [2.24, 2.45) is 0 Å². The number of hydrogen-bond donors (Lipinski definition) is 0. The zero-order chi connectivity index (χ0) is 10.8. The summed E-state index contributed by atoms with van der Waals surface area (Å²) in [6.45, 7) is 4.39. The molecule has 0 heterocycles. The van der Waals surface area contributed by atoms with Gasteiger partial charge in [-0.15, -0.1) is 0 Å². The van der Waals surface area contributed by atoms with Crippen molar-refractivity contribution in [2.45, 2.75) is 46.0 Å². The number of carbonyl (C=O) groups is 1. The molecule has 2 rings (SSSR count). The minimum Gasteiger partial charge on any atom is -0.462 e. The first-order valence-corrected chi connectivity index (χ1v) is 5.82. The minimum atomic E-state index is -0.109. The fourth-order valence-electron chi connectivity index (χ4n) is 2.63. The van der Waals surface area contributed by atoms with Gasteiger partial charge < -0.3 is 4.74 Å². The van der Waals surface area contributed by atoms with Gasteiger partial charge in [-0.25, -0.2) is 4.79 Å². The molecule has 0 aromatic heterocycles. The summed E-state index contributed by atoms with van der Waals surface area (Å²) in [6, 6.07) is 0. The van der Waals surface area contributed by atoms with E-state index in [1.54, 1.807) is 0 Å². The van der Waals surface area contributed by atoms with Crippen LogP contribution in [-0.2, 0) is 9.53 Å². The molecule has 0 atom stereocenters. The van der Waals surface area contributed by atoms with E-state index in [4.69, 9.17) is 4.74 Å². The van der Waals surface area contributed by atoms with Gasteiger partial charge in [0.25, 0.3) is 0 Å². The number of esters is 1. The summed E-state index contributed by atoms with van der Waals surface area (Å²) >= 11 is 0. The highest BCUT2D eigenvalue weighted by Gasteiger charge is 2.28. The number of allylic oxidation sites excluding steroid dienone is 2. The van der Waals surface area contributed by atoms with Gasteiger partial charge in [-0.2, -0.15) is 0 Å². The summed E-state index contributed by atoms with van der Waals surface area (Å²) in [5, 5.41) is 0. The van der Waals surface area contributed by atoms with E-state index in [9.17, 15) is 4.79 Å². The Morgan fingerprint density at radius 2 is 2.07 bits per heavy atom. The molecule has 0 fully saturated rings. The standard InChI is InChI=1S/C13H18O2/c1-3-15-13(14)12-9(2)8-10-6-4-5-7-11(10)12/h3-8H2,1-2H3. The third kappa shape index (κ3) is 1.85. The Balaban J connectivity index is 2.25. The highest BCUT2D eigenvalue weighted by molar-refractivity contribution is 5.95. The summed E-state index contributed by atoms with van der Waals surface area (Å²) in [6.07, 6.45) is 5.75. The van der Waals surface area contributed by atoms with Crippen molar-refractivity contribution in [1.29, 1.82) is 0 Å². The van der Waals surface area contributed by atoms with Crippen molar-refractivity contribution in [3.8, 4) is 0 Å². The quantitative estimate of drug-likeness (QED) is 0.649.